The maximum absolute atomic E-state index is 12.9. The molecule has 0 spiro atoms. The minimum absolute atomic E-state index is 0.103. The fourth-order valence-corrected chi connectivity index (χ4v) is 5.22. The summed E-state index contributed by atoms with van der Waals surface area (Å²) in [6, 6.07) is 10.4. The molecular weight excluding hydrogens is 473 g/mol. The van der Waals surface area contributed by atoms with Crippen LogP contribution in [0.3, 0.4) is 0 Å². The van der Waals surface area contributed by atoms with E-state index in [9.17, 15) is 22.8 Å². The number of thiazole rings is 1. The number of aromatic nitrogens is 2. The summed E-state index contributed by atoms with van der Waals surface area (Å²) >= 11 is 2.61. The zero-order valence-electron chi connectivity index (χ0n) is 16.7. The number of nitrogens with one attached hydrogen (secondary N) is 2. The summed E-state index contributed by atoms with van der Waals surface area (Å²) in [7, 11) is 0. The highest BCUT2D eigenvalue weighted by molar-refractivity contribution is 8.01. The Morgan fingerprint density at radius 3 is 2.70 bits per heavy atom. The van der Waals surface area contributed by atoms with Crippen molar-refractivity contribution in [3.63, 3.8) is 0 Å². The number of hydrogen-bond acceptors (Lipinski definition) is 5. The van der Waals surface area contributed by atoms with E-state index in [1.54, 1.807) is 12.1 Å². The van der Waals surface area contributed by atoms with Crippen molar-refractivity contribution in [1.82, 2.24) is 9.38 Å². The van der Waals surface area contributed by atoms with Gasteiger partial charge in [0.2, 0.25) is 11.8 Å². The lowest BCUT2D eigenvalue weighted by Crippen LogP contribution is -2.32. The summed E-state index contributed by atoms with van der Waals surface area (Å²) in [5, 5.41) is 6.45. The highest BCUT2D eigenvalue weighted by atomic mass is 32.2. The maximum Gasteiger partial charge on any atom is 0.416 e. The van der Waals surface area contributed by atoms with Gasteiger partial charge < -0.3 is 10.6 Å². The molecule has 33 heavy (non-hydrogen) atoms. The van der Waals surface area contributed by atoms with Gasteiger partial charge in [-0.2, -0.15) is 13.2 Å². The standard InChI is InChI=1S/C22H15F3N4O2S2/c23-22(24,25)13-3-6-17-15(9-13)27-20(31)18(33-17)10-19(30)26-14-4-1-12(2-5-14)16-11-29-7-8-32-21(29)28-16/h1-9,11,18H,10H2,(H,26,30)(H,27,31). The number of thioether (sulfide) groups is 1. The molecule has 0 aliphatic carbocycles. The Morgan fingerprint density at radius 1 is 1.18 bits per heavy atom. The van der Waals surface area contributed by atoms with Gasteiger partial charge >= 0.3 is 6.18 Å². The third kappa shape index (κ3) is 4.46. The van der Waals surface area contributed by atoms with Crippen LogP contribution >= 0.6 is 23.1 Å². The molecule has 3 heterocycles. The lowest BCUT2D eigenvalue weighted by atomic mass is 10.1. The molecule has 1 aliphatic rings. The van der Waals surface area contributed by atoms with Crippen LogP contribution in [0, 0.1) is 0 Å². The molecule has 1 aliphatic heterocycles. The summed E-state index contributed by atoms with van der Waals surface area (Å²) in [5.41, 5.74) is 1.56. The van der Waals surface area contributed by atoms with Crippen molar-refractivity contribution in [1.29, 1.82) is 0 Å². The van der Waals surface area contributed by atoms with E-state index in [0.29, 0.717) is 10.6 Å². The first-order chi connectivity index (χ1) is 15.8. The quantitative estimate of drug-likeness (QED) is 0.397. The Labute approximate surface area is 193 Å². The van der Waals surface area contributed by atoms with Crippen LogP contribution in [-0.4, -0.2) is 26.4 Å². The molecule has 2 amide bonds. The Bertz CT molecular complexity index is 1330. The third-order valence-electron chi connectivity index (χ3n) is 5.05. The molecule has 11 heteroatoms. The Kier molecular flexibility index (Phi) is 5.37. The van der Waals surface area contributed by atoms with Crippen molar-refractivity contribution in [3.8, 4) is 11.3 Å². The predicted molar refractivity (Wildman–Crippen MR) is 121 cm³/mol. The summed E-state index contributed by atoms with van der Waals surface area (Å²) in [4.78, 5) is 30.8. The van der Waals surface area contributed by atoms with Crippen LogP contribution in [0.1, 0.15) is 12.0 Å². The largest absolute Gasteiger partial charge is 0.416 e. The number of nitrogens with zero attached hydrogens (tertiary/aromatic N) is 2. The van der Waals surface area contributed by atoms with Crippen LogP contribution in [0.5, 0.6) is 0 Å². The molecular formula is C22H15F3N4O2S2. The Hall–Kier alpha value is -3.31. The monoisotopic (exact) mass is 488 g/mol. The van der Waals surface area contributed by atoms with E-state index >= 15 is 0 Å². The summed E-state index contributed by atoms with van der Waals surface area (Å²) in [5.74, 6) is -0.870. The van der Waals surface area contributed by atoms with Crippen molar-refractivity contribution < 1.29 is 22.8 Å². The number of benzene rings is 2. The Balaban J connectivity index is 1.23. The minimum Gasteiger partial charge on any atom is -0.326 e. The van der Waals surface area contributed by atoms with Gasteiger partial charge in [0.15, 0.2) is 4.96 Å². The molecule has 168 valence electrons. The SMILES string of the molecule is O=C(CC1Sc2ccc(C(F)(F)F)cc2NC1=O)Nc1ccc(-c2cn3ccsc3n2)cc1. The average molecular weight is 489 g/mol. The highest BCUT2D eigenvalue weighted by Crippen LogP contribution is 2.40. The van der Waals surface area contributed by atoms with Crippen LogP contribution in [-0.2, 0) is 15.8 Å². The molecule has 1 unspecified atom stereocenters. The summed E-state index contributed by atoms with van der Waals surface area (Å²) in [6.07, 6.45) is -0.757. The highest BCUT2D eigenvalue weighted by Gasteiger charge is 2.34. The van der Waals surface area contributed by atoms with E-state index in [1.807, 2.05) is 34.3 Å². The molecule has 5 rings (SSSR count). The lowest BCUT2D eigenvalue weighted by molar-refractivity contribution is -0.137. The number of alkyl halides is 3. The number of halogens is 3. The van der Waals surface area contributed by atoms with Crippen LogP contribution in [0.2, 0.25) is 0 Å². The van der Waals surface area contributed by atoms with Gasteiger partial charge in [-0.15, -0.1) is 23.1 Å². The predicted octanol–water partition coefficient (Wildman–Crippen LogP) is 5.52. The van der Waals surface area contributed by atoms with Crippen molar-refractivity contribution in [3.05, 3.63) is 65.8 Å². The van der Waals surface area contributed by atoms with Gasteiger partial charge in [0, 0.05) is 40.3 Å². The second kappa shape index (κ2) is 8.23. The molecule has 0 saturated carbocycles. The molecule has 2 aromatic heterocycles. The Morgan fingerprint density at radius 2 is 1.97 bits per heavy atom. The molecule has 0 radical (unpaired) electrons. The van der Waals surface area contributed by atoms with E-state index in [0.717, 1.165) is 40.1 Å². The zero-order chi connectivity index (χ0) is 23.2. The summed E-state index contributed by atoms with van der Waals surface area (Å²) < 4.78 is 40.6. The molecule has 4 aromatic rings. The smallest absolute Gasteiger partial charge is 0.326 e. The number of anilines is 2. The van der Waals surface area contributed by atoms with Crippen molar-refractivity contribution >= 4 is 51.2 Å². The van der Waals surface area contributed by atoms with Crippen LogP contribution in [0.25, 0.3) is 16.2 Å². The van der Waals surface area contributed by atoms with Crippen LogP contribution in [0.4, 0.5) is 24.5 Å². The number of carbonyl (C=O) groups is 2. The van der Waals surface area contributed by atoms with E-state index in [1.165, 1.54) is 17.4 Å². The van der Waals surface area contributed by atoms with Gasteiger partial charge in [-0.05, 0) is 30.3 Å². The van der Waals surface area contributed by atoms with Gasteiger partial charge in [0.05, 0.1) is 22.2 Å². The molecule has 0 fully saturated rings. The second-order valence-electron chi connectivity index (χ2n) is 7.35. The fraction of sp³-hybridized carbons (Fsp3) is 0.136. The number of hydrogen-bond donors (Lipinski definition) is 2. The first-order valence-electron chi connectivity index (χ1n) is 9.77. The van der Waals surface area contributed by atoms with E-state index in [4.69, 9.17) is 0 Å². The fourth-order valence-electron chi connectivity index (χ4n) is 3.43. The van der Waals surface area contributed by atoms with E-state index in [-0.39, 0.29) is 18.0 Å². The van der Waals surface area contributed by atoms with Crippen molar-refractivity contribution in [2.45, 2.75) is 22.7 Å². The molecule has 0 saturated heterocycles. The van der Waals surface area contributed by atoms with Gasteiger partial charge in [-0.1, -0.05) is 12.1 Å². The first kappa shape index (κ1) is 21.5. The van der Waals surface area contributed by atoms with Gasteiger partial charge in [0.1, 0.15) is 0 Å². The maximum atomic E-state index is 12.9. The zero-order valence-corrected chi connectivity index (χ0v) is 18.4. The second-order valence-corrected chi connectivity index (χ2v) is 9.47. The average Bonchev–Trinajstić information content (AvgIpc) is 3.36. The van der Waals surface area contributed by atoms with Crippen molar-refractivity contribution in [2.24, 2.45) is 0 Å². The molecule has 2 N–H and O–H groups in total. The molecule has 1 atom stereocenters. The number of rotatable bonds is 4. The van der Waals surface area contributed by atoms with Crippen LogP contribution < -0.4 is 10.6 Å². The van der Waals surface area contributed by atoms with Crippen LogP contribution in [0.15, 0.2) is 65.1 Å². The van der Waals surface area contributed by atoms with E-state index < -0.39 is 22.9 Å². The van der Waals surface area contributed by atoms with Gasteiger partial charge in [0.25, 0.3) is 0 Å². The third-order valence-corrected chi connectivity index (χ3v) is 7.10. The number of amides is 2. The number of imidazole rings is 1. The lowest BCUT2D eigenvalue weighted by Gasteiger charge is -2.24. The first-order valence-corrected chi connectivity index (χ1v) is 11.5. The number of carbonyl (C=O) groups excluding carboxylic acids is 2. The van der Waals surface area contributed by atoms with Gasteiger partial charge in [-0.25, -0.2) is 4.98 Å². The topological polar surface area (TPSA) is 75.5 Å². The van der Waals surface area contributed by atoms with Crippen molar-refractivity contribution in [2.75, 3.05) is 10.6 Å². The van der Waals surface area contributed by atoms with Gasteiger partial charge in [-0.3, -0.25) is 14.0 Å². The summed E-state index contributed by atoms with van der Waals surface area (Å²) in [6.45, 7) is 0. The number of fused-ring (bicyclic) bond motifs is 2. The normalized spacial score (nSPS) is 15.8. The molecule has 2 aromatic carbocycles. The molecule has 0 bridgehead atoms. The van der Waals surface area contributed by atoms with E-state index in [2.05, 4.69) is 15.6 Å². The molecule has 6 nitrogen and oxygen atoms in total. The minimum atomic E-state index is -4.50.